The Kier molecular flexibility index (Phi) is 5.03. The zero-order valence-corrected chi connectivity index (χ0v) is 14.9. The average Bonchev–Trinajstić information content (AvgIpc) is 2.91. The van der Waals surface area contributed by atoms with Crippen molar-refractivity contribution >= 4 is 50.3 Å². The molecule has 0 saturated heterocycles. The Hall–Kier alpha value is -0.860. The van der Waals surface area contributed by atoms with Crippen molar-refractivity contribution in [3.63, 3.8) is 0 Å². The molecule has 1 aliphatic heterocycles. The molecule has 2 heterocycles. The highest BCUT2D eigenvalue weighted by molar-refractivity contribution is 7.91. The average molecular weight is 380 g/mol. The van der Waals surface area contributed by atoms with E-state index in [9.17, 15) is 8.42 Å². The number of halogens is 2. The first-order valence-electron chi connectivity index (χ1n) is 6.29. The Morgan fingerprint density at radius 1 is 1.50 bits per heavy atom. The summed E-state index contributed by atoms with van der Waals surface area (Å²) >= 11 is 7.42. The van der Waals surface area contributed by atoms with Crippen LogP contribution in [0.25, 0.3) is 0 Å². The van der Waals surface area contributed by atoms with Gasteiger partial charge in [0.15, 0.2) is 15.0 Å². The van der Waals surface area contributed by atoms with Crippen LogP contribution in [-0.2, 0) is 16.4 Å². The maximum absolute atomic E-state index is 12.2. The molecule has 0 saturated carbocycles. The molecule has 2 aromatic rings. The predicted molar refractivity (Wildman–Crippen MR) is 91.5 cm³/mol. The van der Waals surface area contributed by atoms with Crippen LogP contribution in [0.4, 0.5) is 5.13 Å². The number of hydrogen-bond donors (Lipinski definition) is 1. The first kappa shape index (κ1) is 17.5. The van der Waals surface area contributed by atoms with E-state index in [1.54, 1.807) is 24.4 Å². The molecule has 1 atom stereocenters. The third-order valence-corrected chi connectivity index (χ3v) is 6.39. The lowest BCUT2D eigenvalue weighted by Gasteiger charge is -2.23. The number of benzene rings is 1. The number of aromatic nitrogens is 1. The molecule has 22 heavy (non-hydrogen) atoms. The van der Waals surface area contributed by atoms with Crippen molar-refractivity contribution in [3.8, 4) is 0 Å². The number of sulfone groups is 1. The number of nitrogens with two attached hydrogens (primary N) is 1. The third kappa shape index (κ3) is 3.23. The van der Waals surface area contributed by atoms with Gasteiger partial charge in [0.1, 0.15) is 0 Å². The van der Waals surface area contributed by atoms with Gasteiger partial charge < -0.3 is 5.73 Å². The first-order valence-corrected chi connectivity index (χ1v) is 9.14. The second kappa shape index (κ2) is 6.33. The highest BCUT2D eigenvalue weighted by Gasteiger charge is 2.37. The van der Waals surface area contributed by atoms with Gasteiger partial charge in [-0.3, -0.25) is 4.90 Å². The highest BCUT2D eigenvalue weighted by Crippen LogP contribution is 2.38. The lowest BCUT2D eigenvalue weighted by molar-refractivity contribution is 0.259. The molecule has 5 nitrogen and oxygen atoms in total. The lowest BCUT2D eigenvalue weighted by Crippen LogP contribution is -2.25. The van der Waals surface area contributed by atoms with Crippen molar-refractivity contribution in [2.75, 3.05) is 18.5 Å². The monoisotopic (exact) mass is 379 g/mol. The van der Waals surface area contributed by atoms with E-state index in [4.69, 9.17) is 17.3 Å². The van der Waals surface area contributed by atoms with E-state index in [-0.39, 0.29) is 24.2 Å². The van der Waals surface area contributed by atoms with Crippen molar-refractivity contribution in [1.82, 2.24) is 9.88 Å². The van der Waals surface area contributed by atoms with Gasteiger partial charge in [0.25, 0.3) is 0 Å². The van der Waals surface area contributed by atoms with Crippen LogP contribution in [-0.4, -0.2) is 31.1 Å². The van der Waals surface area contributed by atoms with Crippen molar-refractivity contribution in [3.05, 3.63) is 39.9 Å². The topological polar surface area (TPSA) is 76.3 Å². The number of thiazole rings is 1. The largest absolute Gasteiger partial charge is 0.375 e. The molecule has 120 valence electrons. The van der Waals surface area contributed by atoms with Gasteiger partial charge in [-0.2, -0.15) is 0 Å². The second-order valence-corrected chi connectivity index (χ2v) is 8.65. The van der Waals surface area contributed by atoms with E-state index in [1.165, 1.54) is 11.3 Å². The van der Waals surface area contributed by atoms with Gasteiger partial charge in [-0.05, 0) is 30.8 Å². The van der Waals surface area contributed by atoms with Gasteiger partial charge in [0.2, 0.25) is 0 Å². The van der Waals surface area contributed by atoms with Crippen molar-refractivity contribution in [2.45, 2.75) is 17.5 Å². The molecule has 0 radical (unpaired) electrons. The van der Waals surface area contributed by atoms with Crippen LogP contribution >= 0.6 is 35.3 Å². The van der Waals surface area contributed by atoms with Crippen LogP contribution in [0, 0.1) is 0 Å². The predicted octanol–water partition coefficient (Wildman–Crippen LogP) is 2.76. The molecule has 1 aromatic heterocycles. The maximum Gasteiger partial charge on any atom is 0.180 e. The molecule has 0 fully saturated rings. The summed E-state index contributed by atoms with van der Waals surface area (Å²) in [4.78, 5) is 7.39. The first-order chi connectivity index (χ1) is 9.87. The fourth-order valence-corrected chi connectivity index (χ4v) is 5.35. The molecule has 1 aromatic carbocycles. The summed E-state index contributed by atoms with van der Waals surface area (Å²) in [5.74, 6) is 0.0768. The molecule has 2 N–H and O–H groups in total. The molecule has 3 rings (SSSR count). The third-order valence-electron chi connectivity index (χ3n) is 3.55. The highest BCUT2D eigenvalue weighted by atomic mass is 35.5. The molecule has 0 bridgehead atoms. The van der Waals surface area contributed by atoms with E-state index >= 15 is 0 Å². The number of hydrogen-bond acceptors (Lipinski definition) is 6. The van der Waals surface area contributed by atoms with Crippen LogP contribution in [0.3, 0.4) is 0 Å². The smallest absolute Gasteiger partial charge is 0.180 e. The van der Waals surface area contributed by atoms with E-state index in [2.05, 4.69) is 4.98 Å². The van der Waals surface area contributed by atoms with E-state index in [0.717, 1.165) is 10.4 Å². The molecule has 9 heteroatoms. The fraction of sp³-hybridized carbons (Fsp3) is 0.308. The van der Waals surface area contributed by atoms with Crippen molar-refractivity contribution < 1.29 is 8.42 Å². The summed E-state index contributed by atoms with van der Waals surface area (Å²) in [5.41, 5.74) is 6.39. The summed E-state index contributed by atoms with van der Waals surface area (Å²) in [6.07, 6.45) is 1.72. The molecule has 0 aliphatic carbocycles. The van der Waals surface area contributed by atoms with Crippen LogP contribution in [0.1, 0.15) is 16.5 Å². The van der Waals surface area contributed by atoms with Gasteiger partial charge in [0, 0.05) is 22.6 Å². The Balaban J connectivity index is 0.00000176. The number of anilines is 1. The Morgan fingerprint density at radius 3 is 2.86 bits per heavy atom. The van der Waals surface area contributed by atoms with Gasteiger partial charge in [-0.15, -0.1) is 23.7 Å². The zero-order chi connectivity index (χ0) is 15.2. The standard InChI is InChI=1S/C13H14ClN3O2S2.ClH/c1-17(6-9-5-16-13(15)20-9)11-7-21(18,19)12-3-2-8(14)4-10(11)12;/h2-5,11H,6-7H2,1H3,(H2,15,16);1H. The molecule has 0 spiro atoms. The number of fused-ring (bicyclic) bond motifs is 1. The molecule has 1 unspecified atom stereocenters. The summed E-state index contributed by atoms with van der Waals surface area (Å²) in [5, 5.41) is 1.06. The van der Waals surface area contributed by atoms with Crippen LogP contribution in [0.2, 0.25) is 5.02 Å². The molecule has 1 aliphatic rings. The van der Waals surface area contributed by atoms with Crippen LogP contribution in [0.15, 0.2) is 29.3 Å². The summed E-state index contributed by atoms with van der Waals surface area (Å²) in [6, 6.07) is 4.74. The Morgan fingerprint density at radius 2 is 2.23 bits per heavy atom. The fourth-order valence-electron chi connectivity index (χ4n) is 2.57. The van der Waals surface area contributed by atoms with Crippen LogP contribution in [0.5, 0.6) is 0 Å². The van der Waals surface area contributed by atoms with Gasteiger partial charge in [-0.1, -0.05) is 11.6 Å². The summed E-state index contributed by atoms with van der Waals surface area (Å²) in [6.45, 7) is 0.598. The molecular formula is C13H15Cl2N3O2S2. The van der Waals surface area contributed by atoms with Crippen molar-refractivity contribution in [1.29, 1.82) is 0 Å². The number of rotatable bonds is 3. The van der Waals surface area contributed by atoms with Gasteiger partial charge in [0.05, 0.1) is 16.7 Å². The Bertz CT molecular complexity index is 792. The van der Waals surface area contributed by atoms with Crippen LogP contribution < -0.4 is 5.73 Å². The minimum absolute atomic E-state index is 0. The maximum atomic E-state index is 12.2. The van der Waals surface area contributed by atoms with E-state index in [0.29, 0.717) is 21.6 Å². The summed E-state index contributed by atoms with van der Waals surface area (Å²) in [7, 11) is -1.35. The van der Waals surface area contributed by atoms with Gasteiger partial charge >= 0.3 is 0 Å². The minimum atomic E-state index is -3.24. The van der Waals surface area contributed by atoms with E-state index < -0.39 is 9.84 Å². The molecular weight excluding hydrogens is 365 g/mol. The zero-order valence-electron chi connectivity index (χ0n) is 11.7. The SMILES string of the molecule is CN(Cc1cnc(N)s1)C1CS(=O)(=O)c2ccc(Cl)cc21.Cl. The number of nitrogens with zero attached hydrogens (tertiary/aromatic N) is 2. The normalized spacial score (nSPS) is 19.0. The van der Waals surface area contributed by atoms with Gasteiger partial charge in [-0.25, -0.2) is 13.4 Å². The van der Waals surface area contributed by atoms with Crippen molar-refractivity contribution in [2.24, 2.45) is 0 Å². The van der Waals surface area contributed by atoms with E-state index in [1.807, 2.05) is 11.9 Å². The minimum Gasteiger partial charge on any atom is -0.375 e. The molecule has 0 amide bonds. The Labute approximate surface area is 144 Å². The lowest BCUT2D eigenvalue weighted by atomic mass is 10.1. The quantitative estimate of drug-likeness (QED) is 0.886. The summed E-state index contributed by atoms with van der Waals surface area (Å²) < 4.78 is 24.5. The second-order valence-electron chi connectivity index (χ2n) is 5.06. The number of nitrogen functional groups attached to an aromatic ring is 1.